The van der Waals surface area contributed by atoms with Gasteiger partial charge in [-0.1, -0.05) is 115 Å². The molecule has 0 aromatic heterocycles. The molecule has 0 heterocycles. The number of rotatable bonds is 7. The van der Waals surface area contributed by atoms with Gasteiger partial charge in [0.2, 0.25) is 0 Å². The molecule has 0 spiro atoms. The van der Waals surface area contributed by atoms with E-state index in [0.717, 1.165) is 23.7 Å². The van der Waals surface area contributed by atoms with E-state index in [-0.39, 0.29) is 6.10 Å². The van der Waals surface area contributed by atoms with Gasteiger partial charge in [-0.3, -0.25) is 0 Å². The summed E-state index contributed by atoms with van der Waals surface area (Å²) in [6, 6.07) is 14.7. The number of hydrogen-bond donors (Lipinski definition) is 0. The third kappa shape index (κ3) is 16.4. The van der Waals surface area contributed by atoms with Crippen molar-refractivity contribution in [3.05, 3.63) is 71.3 Å². The van der Waals surface area contributed by atoms with Gasteiger partial charge in [0.15, 0.2) is 0 Å². The maximum absolute atomic E-state index is 5.83. The Kier molecular flexibility index (Phi) is 20.0. The first kappa shape index (κ1) is 31.2. The molecule has 0 aliphatic carbocycles. The van der Waals surface area contributed by atoms with Gasteiger partial charge in [-0.2, -0.15) is 0 Å². The predicted octanol–water partition coefficient (Wildman–Crippen LogP) is 9.84. The lowest BCUT2D eigenvalue weighted by atomic mass is 10.0. The molecule has 0 radical (unpaired) electrons. The van der Waals surface area contributed by atoms with Crippen LogP contribution in [-0.4, -0.2) is 6.10 Å². The molecule has 0 saturated carbocycles. The topological polar surface area (TPSA) is 9.23 Å². The molecule has 0 saturated heterocycles. The van der Waals surface area contributed by atoms with Crippen molar-refractivity contribution in [3.8, 4) is 5.75 Å². The molecule has 176 valence electrons. The van der Waals surface area contributed by atoms with Gasteiger partial charge in [0.1, 0.15) is 5.75 Å². The van der Waals surface area contributed by atoms with Gasteiger partial charge >= 0.3 is 0 Å². The smallest absolute Gasteiger partial charge is 0.129 e. The zero-order chi connectivity index (χ0) is 24.2. The lowest BCUT2D eigenvalue weighted by molar-refractivity contribution is 0.240. The Morgan fingerprint density at radius 1 is 0.903 bits per heavy atom. The third-order valence-electron chi connectivity index (χ3n) is 4.28. The Balaban J connectivity index is 0. The predicted molar refractivity (Wildman–Crippen MR) is 143 cm³/mol. The molecule has 0 amide bonds. The summed E-state index contributed by atoms with van der Waals surface area (Å²) < 4.78 is 5.83. The van der Waals surface area contributed by atoms with Crippen molar-refractivity contribution in [2.45, 2.75) is 101 Å². The van der Waals surface area contributed by atoms with Crippen LogP contribution in [0, 0.1) is 19.8 Å². The lowest BCUT2D eigenvalue weighted by Crippen LogP contribution is -2.08. The summed E-state index contributed by atoms with van der Waals surface area (Å²) in [5, 5.41) is 0. The first-order chi connectivity index (χ1) is 14.7. The molecule has 1 nitrogen and oxygen atoms in total. The molecule has 0 fully saturated rings. The molecule has 1 heteroatoms. The normalized spacial score (nSPS) is 9.55. The van der Waals surface area contributed by atoms with Crippen LogP contribution in [-0.2, 0) is 6.42 Å². The molecule has 0 bridgehead atoms. The quantitative estimate of drug-likeness (QED) is 0.428. The van der Waals surface area contributed by atoms with E-state index >= 15 is 0 Å². The zero-order valence-electron chi connectivity index (χ0n) is 22.2. The molecular formula is C30H50O. The van der Waals surface area contributed by atoms with Gasteiger partial charge in [0.05, 0.1) is 6.10 Å². The average molecular weight is 427 g/mol. The summed E-state index contributed by atoms with van der Waals surface area (Å²) in [4.78, 5) is 0. The van der Waals surface area contributed by atoms with Crippen LogP contribution in [0.15, 0.2) is 49.0 Å². The summed E-state index contributed by atoms with van der Waals surface area (Å²) >= 11 is 0. The van der Waals surface area contributed by atoms with Crippen molar-refractivity contribution >= 4 is 6.08 Å². The number of ether oxygens (including phenoxy) is 1. The lowest BCUT2D eigenvalue weighted by Gasteiger charge is -2.16. The molecule has 2 rings (SSSR count). The van der Waals surface area contributed by atoms with Crippen molar-refractivity contribution in [2.24, 2.45) is 5.92 Å². The molecule has 0 aliphatic heterocycles. The van der Waals surface area contributed by atoms with Gasteiger partial charge in [0.25, 0.3) is 0 Å². The highest BCUT2D eigenvalue weighted by Gasteiger charge is 2.08. The fourth-order valence-electron chi connectivity index (χ4n) is 2.97. The maximum Gasteiger partial charge on any atom is 0.129 e. The number of aryl methyl sites for hydroxylation is 3. The fourth-order valence-corrected chi connectivity index (χ4v) is 2.97. The Hall–Kier alpha value is -2.02. The van der Waals surface area contributed by atoms with Crippen LogP contribution in [0.4, 0.5) is 0 Å². The van der Waals surface area contributed by atoms with E-state index in [4.69, 9.17) is 4.74 Å². The molecule has 31 heavy (non-hydrogen) atoms. The second kappa shape index (κ2) is 19.9. The van der Waals surface area contributed by atoms with Crippen LogP contribution >= 0.6 is 0 Å². The standard InChI is InChI=1S/C15H22O.C7H8.C6H14.C2H6/c1-6-8-13-9-12(5)15(16-11(3)4)14(7-2)10-13;1-7-5-3-2-4-6-7;1-4-5-6(2)3;1-2/h7,9-11H,2,6,8H2,1,3-5H3;2-6H,1H3;6H,4-5H2,1-3H3;1-2H3. The Bertz CT molecular complexity index is 668. The van der Waals surface area contributed by atoms with E-state index in [1.165, 1.54) is 36.0 Å². The molecule has 0 unspecified atom stereocenters. The van der Waals surface area contributed by atoms with Gasteiger partial charge < -0.3 is 4.74 Å². The zero-order valence-corrected chi connectivity index (χ0v) is 22.2. The van der Waals surface area contributed by atoms with Gasteiger partial charge in [-0.15, -0.1) is 0 Å². The van der Waals surface area contributed by atoms with E-state index in [1.54, 1.807) is 0 Å². The molecule has 2 aromatic rings. The van der Waals surface area contributed by atoms with E-state index in [1.807, 2.05) is 52.0 Å². The highest BCUT2D eigenvalue weighted by molar-refractivity contribution is 5.60. The van der Waals surface area contributed by atoms with Gasteiger partial charge in [-0.25, -0.2) is 0 Å². The second-order valence-electron chi connectivity index (χ2n) is 8.29. The van der Waals surface area contributed by atoms with E-state index in [0.29, 0.717) is 0 Å². The number of benzene rings is 2. The first-order valence-electron chi connectivity index (χ1n) is 12.2. The molecule has 0 aliphatic rings. The van der Waals surface area contributed by atoms with Crippen molar-refractivity contribution < 1.29 is 4.74 Å². The monoisotopic (exact) mass is 426 g/mol. The SMILES string of the molecule is C=Cc1cc(CCC)cc(C)c1OC(C)C.CC.CCCC(C)C.Cc1ccccc1. The van der Waals surface area contributed by atoms with Gasteiger partial charge in [0, 0.05) is 5.56 Å². The van der Waals surface area contributed by atoms with Crippen molar-refractivity contribution in [1.82, 2.24) is 0 Å². The van der Waals surface area contributed by atoms with Crippen LogP contribution in [0.5, 0.6) is 5.75 Å². The Morgan fingerprint density at radius 3 is 1.81 bits per heavy atom. The minimum atomic E-state index is 0.203. The first-order valence-corrected chi connectivity index (χ1v) is 12.2. The Labute approximate surface area is 194 Å². The van der Waals surface area contributed by atoms with Crippen molar-refractivity contribution in [1.29, 1.82) is 0 Å². The Morgan fingerprint density at radius 2 is 1.48 bits per heavy atom. The summed E-state index contributed by atoms with van der Waals surface area (Å²) in [6.07, 6.45) is 7.07. The van der Waals surface area contributed by atoms with Crippen LogP contribution in [0.1, 0.15) is 96.9 Å². The number of hydrogen-bond acceptors (Lipinski definition) is 1. The molecular weight excluding hydrogens is 376 g/mol. The summed E-state index contributed by atoms with van der Waals surface area (Å²) in [7, 11) is 0. The van der Waals surface area contributed by atoms with Crippen LogP contribution in [0.2, 0.25) is 0 Å². The summed E-state index contributed by atoms with van der Waals surface area (Å²) in [5.74, 6) is 1.87. The average Bonchev–Trinajstić information content (AvgIpc) is 2.72. The highest BCUT2D eigenvalue weighted by atomic mass is 16.5. The maximum atomic E-state index is 5.83. The van der Waals surface area contributed by atoms with Crippen molar-refractivity contribution in [3.63, 3.8) is 0 Å². The minimum absolute atomic E-state index is 0.203. The molecule has 0 N–H and O–H groups in total. The second-order valence-corrected chi connectivity index (χ2v) is 8.29. The molecule has 0 atom stereocenters. The largest absolute Gasteiger partial charge is 0.490 e. The van der Waals surface area contributed by atoms with E-state index in [9.17, 15) is 0 Å². The molecule has 2 aromatic carbocycles. The summed E-state index contributed by atoms with van der Waals surface area (Å²) in [6.45, 7) is 25.1. The third-order valence-corrected chi connectivity index (χ3v) is 4.28. The van der Waals surface area contributed by atoms with Crippen LogP contribution < -0.4 is 4.74 Å². The highest BCUT2D eigenvalue weighted by Crippen LogP contribution is 2.28. The van der Waals surface area contributed by atoms with Crippen LogP contribution in [0.25, 0.3) is 6.08 Å². The minimum Gasteiger partial charge on any atom is -0.490 e. The summed E-state index contributed by atoms with van der Waals surface area (Å²) in [5.41, 5.74) is 5.00. The van der Waals surface area contributed by atoms with Gasteiger partial charge in [-0.05, 0) is 57.2 Å². The fraction of sp³-hybridized carbons (Fsp3) is 0.533. The van der Waals surface area contributed by atoms with E-state index in [2.05, 4.69) is 72.4 Å². The van der Waals surface area contributed by atoms with E-state index < -0.39 is 0 Å². The van der Waals surface area contributed by atoms with Crippen LogP contribution in [0.3, 0.4) is 0 Å². The van der Waals surface area contributed by atoms with Crippen molar-refractivity contribution in [2.75, 3.05) is 0 Å².